The zero-order valence-electron chi connectivity index (χ0n) is 16.9. The van der Waals surface area contributed by atoms with Crippen molar-refractivity contribution < 1.29 is 9.47 Å². The molecule has 1 aliphatic rings. The van der Waals surface area contributed by atoms with Crippen LogP contribution < -0.4 is 14.8 Å². The number of methoxy groups -OCH3 is 2. The lowest BCUT2D eigenvalue weighted by molar-refractivity contribution is 0.183. The first-order valence-corrected chi connectivity index (χ1v) is 10.5. The van der Waals surface area contributed by atoms with Crippen LogP contribution in [0.4, 0.5) is 5.69 Å². The molecule has 1 N–H and O–H groups in total. The molecule has 3 rings (SSSR count). The molecule has 4 nitrogen and oxygen atoms in total. The molecule has 152 valence electrons. The van der Waals surface area contributed by atoms with Crippen molar-refractivity contribution in [2.45, 2.75) is 25.7 Å². The number of rotatable bonds is 9. The molecule has 0 atom stereocenters. The van der Waals surface area contributed by atoms with Crippen LogP contribution in [0.25, 0.3) is 0 Å². The molecule has 0 spiro atoms. The van der Waals surface area contributed by atoms with Crippen molar-refractivity contribution in [3.8, 4) is 11.5 Å². The Bertz CT molecular complexity index is 745. The summed E-state index contributed by atoms with van der Waals surface area (Å²) in [5.41, 5.74) is 2.33. The highest BCUT2D eigenvalue weighted by molar-refractivity contribution is 6.33. The van der Waals surface area contributed by atoms with Crippen LogP contribution in [0.1, 0.15) is 24.8 Å². The molecule has 1 saturated heterocycles. The minimum atomic E-state index is 0.789. The van der Waals surface area contributed by atoms with Gasteiger partial charge in [-0.2, -0.15) is 0 Å². The van der Waals surface area contributed by atoms with Gasteiger partial charge in [-0.1, -0.05) is 29.8 Å². The predicted molar refractivity (Wildman–Crippen MR) is 117 cm³/mol. The Labute approximate surface area is 173 Å². The molecular weight excluding hydrogens is 372 g/mol. The molecule has 1 heterocycles. The van der Waals surface area contributed by atoms with E-state index in [4.69, 9.17) is 21.1 Å². The van der Waals surface area contributed by atoms with Crippen molar-refractivity contribution in [3.05, 3.63) is 53.1 Å². The van der Waals surface area contributed by atoms with E-state index in [1.54, 1.807) is 14.2 Å². The summed E-state index contributed by atoms with van der Waals surface area (Å²) < 4.78 is 10.7. The highest BCUT2D eigenvalue weighted by atomic mass is 35.5. The average molecular weight is 403 g/mol. The maximum absolute atomic E-state index is 6.20. The highest BCUT2D eigenvalue weighted by Crippen LogP contribution is 2.28. The van der Waals surface area contributed by atoms with E-state index in [0.717, 1.165) is 47.6 Å². The van der Waals surface area contributed by atoms with Crippen LogP contribution in [0.5, 0.6) is 11.5 Å². The minimum absolute atomic E-state index is 0.789. The molecule has 1 aliphatic heterocycles. The Balaban J connectivity index is 1.37. The van der Waals surface area contributed by atoms with Gasteiger partial charge in [-0.15, -0.1) is 0 Å². The van der Waals surface area contributed by atoms with E-state index < -0.39 is 0 Å². The molecule has 0 bridgehead atoms. The predicted octanol–water partition coefficient (Wildman–Crippen LogP) is 5.11. The Hall–Kier alpha value is -1.91. The quantitative estimate of drug-likeness (QED) is 0.631. The number of hydrogen-bond donors (Lipinski definition) is 1. The lowest BCUT2D eigenvalue weighted by Crippen LogP contribution is -2.35. The van der Waals surface area contributed by atoms with E-state index in [1.807, 2.05) is 30.3 Å². The Morgan fingerprint density at radius 3 is 2.50 bits per heavy atom. The fourth-order valence-electron chi connectivity index (χ4n) is 3.84. The van der Waals surface area contributed by atoms with Gasteiger partial charge in [0.05, 0.1) is 24.9 Å². The summed E-state index contributed by atoms with van der Waals surface area (Å²) in [5, 5.41) is 4.27. The van der Waals surface area contributed by atoms with Gasteiger partial charge in [0.2, 0.25) is 0 Å². The van der Waals surface area contributed by atoms with Gasteiger partial charge in [0.1, 0.15) is 0 Å². The van der Waals surface area contributed by atoms with Crippen molar-refractivity contribution in [1.82, 2.24) is 4.90 Å². The summed E-state index contributed by atoms with van der Waals surface area (Å²) in [4.78, 5) is 2.58. The molecule has 0 saturated carbocycles. The smallest absolute Gasteiger partial charge is 0.160 e. The monoisotopic (exact) mass is 402 g/mol. The summed E-state index contributed by atoms with van der Waals surface area (Å²) in [6.45, 7) is 4.45. The zero-order valence-corrected chi connectivity index (χ0v) is 17.7. The molecule has 2 aromatic rings. The van der Waals surface area contributed by atoms with Gasteiger partial charge in [-0.05, 0) is 74.5 Å². The number of hydrogen-bond acceptors (Lipinski definition) is 4. The van der Waals surface area contributed by atoms with Gasteiger partial charge in [-0.25, -0.2) is 0 Å². The fourth-order valence-corrected chi connectivity index (χ4v) is 4.04. The van der Waals surface area contributed by atoms with Gasteiger partial charge >= 0.3 is 0 Å². The molecule has 0 radical (unpaired) electrons. The van der Waals surface area contributed by atoms with Gasteiger partial charge in [0.15, 0.2) is 11.5 Å². The van der Waals surface area contributed by atoms with Crippen molar-refractivity contribution in [2.24, 2.45) is 5.92 Å². The zero-order chi connectivity index (χ0) is 19.8. The highest BCUT2D eigenvalue weighted by Gasteiger charge is 2.19. The van der Waals surface area contributed by atoms with E-state index in [1.165, 1.54) is 37.9 Å². The second-order valence-electron chi connectivity index (χ2n) is 7.42. The number of ether oxygens (including phenoxy) is 2. The molecule has 0 aliphatic carbocycles. The summed E-state index contributed by atoms with van der Waals surface area (Å²) in [6.07, 6.45) is 4.79. The summed E-state index contributed by atoms with van der Waals surface area (Å²) in [5.74, 6) is 2.40. The van der Waals surface area contributed by atoms with Gasteiger partial charge in [0.25, 0.3) is 0 Å². The normalized spacial score (nSPS) is 15.4. The number of para-hydroxylation sites is 1. The third-order valence-corrected chi connectivity index (χ3v) is 5.94. The first-order chi connectivity index (χ1) is 13.7. The number of halogens is 1. The maximum atomic E-state index is 6.20. The van der Waals surface area contributed by atoms with Crippen LogP contribution in [0, 0.1) is 5.92 Å². The molecular formula is C23H31ClN2O2. The van der Waals surface area contributed by atoms with Crippen LogP contribution in [0.15, 0.2) is 42.5 Å². The molecule has 2 aromatic carbocycles. The van der Waals surface area contributed by atoms with Gasteiger partial charge in [-0.3, -0.25) is 0 Å². The van der Waals surface area contributed by atoms with Gasteiger partial charge < -0.3 is 19.7 Å². The number of likely N-dealkylation sites (tertiary alicyclic amines) is 1. The first kappa shape index (κ1) is 20.8. The fraction of sp³-hybridized carbons (Fsp3) is 0.478. The Morgan fingerprint density at radius 2 is 1.79 bits per heavy atom. The third kappa shape index (κ3) is 5.79. The van der Waals surface area contributed by atoms with Crippen molar-refractivity contribution in [2.75, 3.05) is 45.7 Å². The summed E-state index contributed by atoms with van der Waals surface area (Å²) >= 11 is 6.20. The first-order valence-electron chi connectivity index (χ1n) is 10.1. The maximum Gasteiger partial charge on any atom is 0.160 e. The molecule has 0 unspecified atom stereocenters. The van der Waals surface area contributed by atoms with Crippen LogP contribution in [-0.4, -0.2) is 45.3 Å². The average Bonchev–Trinajstić information content (AvgIpc) is 2.74. The Morgan fingerprint density at radius 1 is 1.04 bits per heavy atom. The van der Waals surface area contributed by atoms with E-state index in [9.17, 15) is 0 Å². The molecule has 1 fully saturated rings. The van der Waals surface area contributed by atoms with E-state index in [-0.39, 0.29) is 0 Å². The largest absolute Gasteiger partial charge is 0.493 e. The molecule has 28 heavy (non-hydrogen) atoms. The second-order valence-corrected chi connectivity index (χ2v) is 7.83. The van der Waals surface area contributed by atoms with Crippen LogP contribution in [-0.2, 0) is 6.42 Å². The van der Waals surface area contributed by atoms with E-state index in [0.29, 0.717) is 0 Å². The molecule has 0 amide bonds. The van der Waals surface area contributed by atoms with Crippen LogP contribution in [0.2, 0.25) is 5.02 Å². The molecule has 0 aromatic heterocycles. The summed E-state index contributed by atoms with van der Waals surface area (Å²) in [7, 11) is 3.36. The van der Waals surface area contributed by atoms with Crippen molar-refractivity contribution in [3.63, 3.8) is 0 Å². The number of nitrogens with one attached hydrogen (secondary N) is 1. The van der Waals surface area contributed by atoms with E-state index in [2.05, 4.69) is 22.3 Å². The summed E-state index contributed by atoms with van der Waals surface area (Å²) in [6, 6.07) is 14.2. The third-order valence-electron chi connectivity index (χ3n) is 5.61. The lowest BCUT2D eigenvalue weighted by atomic mass is 9.93. The number of benzene rings is 2. The number of nitrogens with zero attached hydrogens (tertiary/aromatic N) is 1. The van der Waals surface area contributed by atoms with Crippen LogP contribution >= 0.6 is 11.6 Å². The lowest BCUT2D eigenvalue weighted by Gasteiger charge is -2.32. The second kappa shape index (κ2) is 10.6. The van der Waals surface area contributed by atoms with E-state index >= 15 is 0 Å². The van der Waals surface area contributed by atoms with Gasteiger partial charge in [0, 0.05) is 13.1 Å². The Kier molecular flexibility index (Phi) is 7.87. The minimum Gasteiger partial charge on any atom is -0.493 e. The standard InChI is InChI=1S/C23H31ClN2O2/c1-27-22-8-7-19(17-23(22)28-2)12-16-26-14-10-18(11-15-26)9-13-25-21-6-4-3-5-20(21)24/h3-8,17-18,25H,9-16H2,1-2H3. The van der Waals surface area contributed by atoms with Crippen molar-refractivity contribution >= 4 is 17.3 Å². The number of anilines is 1. The number of piperidine rings is 1. The topological polar surface area (TPSA) is 33.7 Å². The SMILES string of the molecule is COc1ccc(CCN2CCC(CCNc3ccccc3Cl)CC2)cc1OC. The van der Waals surface area contributed by atoms with Crippen molar-refractivity contribution in [1.29, 1.82) is 0 Å². The molecule has 5 heteroatoms. The van der Waals surface area contributed by atoms with Crippen LogP contribution in [0.3, 0.4) is 0 Å².